The highest BCUT2D eigenvalue weighted by Gasteiger charge is 2.61. The van der Waals surface area contributed by atoms with Gasteiger partial charge in [0.1, 0.15) is 11.6 Å². The Morgan fingerprint density at radius 3 is 2.66 bits per heavy atom. The van der Waals surface area contributed by atoms with Crippen LogP contribution in [0.2, 0.25) is 0 Å². The van der Waals surface area contributed by atoms with E-state index in [1.165, 1.54) is 4.90 Å². The number of allylic oxidation sites excluding steroid dienone is 2. The standard InChI is InChI=1S/C26H40N2O7/c1-5-34-23(32)26-14-17(26)11-9-7-6-8-10-12-19(27-24(33)35-25(2,3)4)22(31)28-16-18(29)13-20(28)21(30)15-26/h9,11,17-20,29H,5-8,10,12-16H2,1-4H3,(H,27,33)/b11-9-/t17?,18-,19-,20-,26+/m0/s1. The van der Waals surface area contributed by atoms with Gasteiger partial charge in [-0.25, -0.2) is 4.79 Å². The van der Waals surface area contributed by atoms with Gasteiger partial charge in [0, 0.05) is 19.4 Å². The first-order chi connectivity index (χ1) is 16.5. The highest BCUT2D eigenvalue weighted by molar-refractivity contribution is 5.96. The number of amides is 2. The third-order valence-corrected chi connectivity index (χ3v) is 6.96. The van der Waals surface area contributed by atoms with Crippen LogP contribution in [0.3, 0.4) is 0 Å². The molecule has 196 valence electrons. The Balaban J connectivity index is 1.84. The summed E-state index contributed by atoms with van der Waals surface area (Å²) in [5.41, 5.74) is -1.62. The second-order valence-corrected chi connectivity index (χ2v) is 11.0. The number of esters is 1. The van der Waals surface area contributed by atoms with Gasteiger partial charge in [0.15, 0.2) is 5.78 Å². The molecule has 0 radical (unpaired) electrons. The van der Waals surface area contributed by atoms with Gasteiger partial charge in [0.05, 0.1) is 24.2 Å². The minimum atomic E-state index is -0.903. The summed E-state index contributed by atoms with van der Waals surface area (Å²) in [4.78, 5) is 53.6. The zero-order chi connectivity index (χ0) is 25.8. The predicted molar refractivity (Wildman–Crippen MR) is 128 cm³/mol. The van der Waals surface area contributed by atoms with E-state index in [2.05, 4.69) is 11.4 Å². The summed E-state index contributed by atoms with van der Waals surface area (Å²) in [6.07, 6.45) is 6.89. The molecule has 1 aliphatic carbocycles. The molecule has 0 aromatic rings. The molecule has 0 spiro atoms. The van der Waals surface area contributed by atoms with Crippen LogP contribution in [0.4, 0.5) is 4.79 Å². The van der Waals surface area contributed by atoms with Crippen LogP contribution >= 0.6 is 0 Å². The normalized spacial score (nSPS) is 33.0. The van der Waals surface area contributed by atoms with E-state index < -0.39 is 41.2 Å². The van der Waals surface area contributed by atoms with E-state index in [4.69, 9.17) is 9.47 Å². The number of ketones is 1. The molecule has 2 heterocycles. The van der Waals surface area contributed by atoms with Crippen molar-refractivity contribution in [2.24, 2.45) is 11.3 Å². The van der Waals surface area contributed by atoms with Gasteiger partial charge in [0.25, 0.3) is 0 Å². The van der Waals surface area contributed by atoms with Crippen LogP contribution in [0.25, 0.3) is 0 Å². The molecule has 1 saturated heterocycles. The molecular formula is C26H40N2O7. The molecule has 0 bridgehead atoms. The zero-order valence-electron chi connectivity index (χ0n) is 21.4. The third-order valence-electron chi connectivity index (χ3n) is 6.96. The van der Waals surface area contributed by atoms with E-state index in [-0.39, 0.29) is 43.7 Å². The van der Waals surface area contributed by atoms with Gasteiger partial charge in [0.2, 0.25) is 5.91 Å². The molecule has 0 aromatic carbocycles. The van der Waals surface area contributed by atoms with Gasteiger partial charge < -0.3 is 24.8 Å². The molecule has 2 amide bonds. The fourth-order valence-corrected chi connectivity index (χ4v) is 5.12. The third kappa shape index (κ3) is 6.84. The Morgan fingerprint density at radius 2 is 1.97 bits per heavy atom. The number of fused-ring (bicyclic) bond motifs is 2. The SMILES string of the molecule is CCOC(=O)[C@]12CC(=O)[C@@H]3C[C@H](O)CN3C(=O)[C@@H](NC(=O)OC(C)(C)C)CCCCC/C=C\C1C2. The van der Waals surface area contributed by atoms with Crippen molar-refractivity contribution in [1.82, 2.24) is 10.2 Å². The Bertz CT molecular complexity index is 849. The van der Waals surface area contributed by atoms with E-state index in [0.717, 1.165) is 19.3 Å². The fraction of sp³-hybridized carbons (Fsp3) is 0.769. The van der Waals surface area contributed by atoms with Crippen LogP contribution in [0.1, 0.15) is 79.1 Å². The molecule has 2 fully saturated rings. The van der Waals surface area contributed by atoms with Crippen LogP contribution in [0, 0.1) is 11.3 Å². The lowest BCUT2D eigenvalue weighted by Crippen LogP contribution is -2.52. The smallest absolute Gasteiger partial charge is 0.408 e. The van der Waals surface area contributed by atoms with Gasteiger partial charge >= 0.3 is 12.1 Å². The molecule has 9 nitrogen and oxygen atoms in total. The number of nitrogens with zero attached hydrogens (tertiary/aromatic N) is 1. The number of rotatable bonds is 3. The molecular weight excluding hydrogens is 452 g/mol. The summed E-state index contributed by atoms with van der Waals surface area (Å²) < 4.78 is 10.7. The Hall–Kier alpha value is -2.42. The van der Waals surface area contributed by atoms with Crippen molar-refractivity contribution in [3.63, 3.8) is 0 Å². The minimum absolute atomic E-state index is 0.0114. The molecule has 1 saturated carbocycles. The second-order valence-electron chi connectivity index (χ2n) is 11.0. The largest absolute Gasteiger partial charge is 0.466 e. The lowest BCUT2D eigenvalue weighted by atomic mass is 9.91. The van der Waals surface area contributed by atoms with Gasteiger partial charge in [-0.1, -0.05) is 25.0 Å². The molecule has 2 aliphatic heterocycles. The Labute approximate surface area is 207 Å². The van der Waals surface area contributed by atoms with Gasteiger partial charge in [-0.2, -0.15) is 0 Å². The number of aliphatic hydroxyl groups excluding tert-OH is 1. The first-order valence-electron chi connectivity index (χ1n) is 12.8. The number of aliphatic hydroxyl groups is 1. The number of Topliss-reactive ketones (excluding diaryl/α,β-unsaturated/α-hetero) is 1. The van der Waals surface area contributed by atoms with Gasteiger partial charge in [-0.15, -0.1) is 0 Å². The van der Waals surface area contributed by atoms with Crippen molar-refractivity contribution in [3.05, 3.63) is 12.2 Å². The van der Waals surface area contributed by atoms with Crippen molar-refractivity contribution in [2.45, 2.75) is 103 Å². The maximum atomic E-state index is 13.6. The molecule has 9 heteroatoms. The van der Waals surface area contributed by atoms with Crippen LogP contribution in [0.5, 0.6) is 0 Å². The zero-order valence-corrected chi connectivity index (χ0v) is 21.4. The number of hydrogen-bond acceptors (Lipinski definition) is 7. The maximum Gasteiger partial charge on any atom is 0.408 e. The molecule has 3 rings (SSSR count). The quantitative estimate of drug-likeness (QED) is 0.459. The number of nitrogens with one attached hydrogen (secondary N) is 1. The van der Waals surface area contributed by atoms with Crippen LogP contribution < -0.4 is 5.32 Å². The van der Waals surface area contributed by atoms with E-state index in [1.54, 1.807) is 27.7 Å². The number of alkyl carbamates (subject to hydrolysis) is 1. The predicted octanol–water partition coefficient (Wildman–Crippen LogP) is 2.89. The number of carbonyl (C=O) groups excluding carboxylic acids is 4. The first kappa shape index (κ1) is 27.2. The lowest BCUT2D eigenvalue weighted by Gasteiger charge is -2.30. The topological polar surface area (TPSA) is 122 Å². The van der Waals surface area contributed by atoms with Gasteiger partial charge in [-0.05, 0) is 59.3 Å². The van der Waals surface area contributed by atoms with Crippen molar-refractivity contribution in [1.29, 1.82) is 0 Å². The number of carbonyl (C=O) groups is 4. The van der Waals surface area contributed by atoms with Gasteiger partial charge in [-0.3, -0.25) is 14.4 Å². The Morgan fingerprint density at radius 1 is 1.23 bits per heavy atom. The number of hydrogen-bond donors (Lipinski definition) is 2. The van der Waals surface area contributed by atoms with E-state index in [1.807, 2.05) is 6.08 Å². The molecule has 3 aliphatic rings. The Kier molecular flexibility index (Phi) is 8.62. The first-order valence-corrected chi connectivity index (χ1v) is 12.8. The van der Waals surface area contributed by atoms with Crippen molar-refractivity contribution < 1.29 is 33.8 Å². The summed E-state index contributed by atoms with van der Waals surface area (Å²) >= 11 is 0. The van der Waals surface area contributed by atoms with E-state index in [0.29, 0.717) is 19.3 Å². The lowest BCUT2D eigenvalue weighted by molar-refractivity contribution is -0.152. The average Bonchev–Trinajstić information content (AvgIpc) is 3.30. The van der Waals surface area contributed by atoms with Crippen molar-refractivity contribution >= 4 is 23.8 Å². The van der Waals surface area contributed by atoms with Crippen molar-refractivity contribution in [3.8, 4) is 0 Å². The van der Waals surface area contributed by atoms with Crippen LogP contribution in [-0.2, 0) is 23.9 Å². The molecule has 35 heavy (non-hydrogen) atoms. The van der Waals surface area contributed by atoms with Crippen molar-refractivity contribution in [2.75, 3.05) is 13.2 Å². The van der Waals surface area contributed by atoms with E-state index in [9.17, 15) is 24.3 Å². The second kappa shape index (κ2) is 11.1. The molecule has 2 N–H and O–H groups in total. The summed E-state index contributed by atoms with van der Waals surface area (Å²) in [5, 5.41) is 13.0. The highest BCUT2D eigenvalue weighted by atomic mass is 16.6. The highest BCUT2D eigenvalue weighted by Crippen LogP contribution is 2.57. The van der Waals surface area contributed by atoms with Crippen LogP contribution in [-0.4, -0.2) is 70.7 Å². The summed E-state index contributed by atoms with van der Waals surface area (Å²) in [6.45, 7) is 7.21. The molecule has 5 atom stereocenters. The van der Waals surface area contributed by atoms with E-state index >= 15 is 0 Å². The molecule has 0 aromatic heterocycles. The maximum absolute atomic E-state index is 13.6. The molecule has 1 unspecified atom stereocenters. The van der Waals surface area contributed by atoms with Crippen LogP contribution in [0.15, 0.2) is 12.2 Å². The number of ether oxygens (including phenoxy) is 2. The summed E-state index contributed by atoms with van der Waals surface area (Å²) in [6, 6.07) is -1.71. The monoisotopic (exact) mass is 492 g/mol. The summed E-state index contributed by atoms with van der Waals surface area (Å²) in [7, 11) is 0. The minimum Gasteiger partial charge on any atom is -0.466 e. The average molecular weight is 493 g/mol. The summed E-state index contributed by atoms with van der Waals surface area (Å²) in [5.74, 6) is -1.11. The fourth-order valence-electron chi connectivity index (χ4n) is 5.12.